The van der Waals surface area contributed by atoms with Gasteiger partial charge in [-0.15, -0.1) is 11.3 Å². The number of carbonyl (C=O) groups is 2. The Hall–Kier alpha value is -2.87. The van der Waals surface area contributed by atoms with Crippen LogP contribution in [-0.4, -0.2) is 66.5 Å². The molecule has 1 aromatic heterocycles. The average molecular weight is 585 g/mol. The van der Waals surface area contributed by atoms with Crippen molar-refractivity contribution < 1.29 is 32.2 Å². The minimum atomic E-state index is -3.74. The van der Waals surface area contributed by atoms with E-state index in [4.69, 9.17) is 21.3 Å². The molecule has 2 heterocycles. The molecule has 1 aromatic carbocycles. The Morgan fingerprint density at radius 2 is 2.00 bits per heavy atom. The van der Waals surface area contributed by atoms with Crippen LogP contribution in [0.5, 0.6) is 0 Å². The van der Waals surface area contributed by atoms with Crippen molar-refractivity contribution in [3.05, 3.63) is 62.5 Å². The quantitative estimate of drug-likeness (QED) is 0.451. The number of aromatic nitrogens is 1. The van der Waals surface area contributed by atoms with Gasteiger partial charge in [0.05, 0.1) is 18.9 Å². The number of carbonyl (C=O) groups excluding carboxylic acids is 1. The van der Waals surface area contributed by atoms with Crippen LogP contribution in [0.2, 0.25) is 5.02 Å². The van der Waals surface area contributed by atoms with Gasteiger partial charge in [-0.2, -0.15) is 4.31 Å². The first-order valence-corrected chi connectivity index (χ1v) is 14.8. The summed E-state index contributed by atoms with van der Waals surface area (Å²) in [5.74, 6) is -2.20. The number of nitrogens with zero attached hydrogens (tertiary/aromatic N) is 3. The number of benzene rings is 1. The van der Waals surface area contributed by atoms with Crippen LogP contribution in [0.4, 0.5) is 4.39 Å². The van der Waals surface area contributed by atoms with Crippen molar-refractivity contribution in [3.8, 4) is 0 Å². The van der Waals surface area contributed by atoms with Gasteiger partial charge < -0.3 is 15.2 Å². The van der Waals surface area contributed by atoms with E-state index in [0.29, 0.717) is 47.8 Å². The molecule has 1 fully saturated rings. The number of carboxylic acid groups (broad SMARTS) is 1. The highest BCUT2D eigenvalue weighted by Crippen LogP contribution is 2.41. The Bertz CT molecular complexity index is 1390. The molecule has 2 aliphatic rings. The maximum atomic E-state index is 13.8. The van der Waals surface area contributed by atoms with E-state index >= 15 is 0 Å². The van der Waals surface area contributed by atoms with Gasteiger partial charge in [-0.3, -0.25) is 9.79 Å². The molecule has 1 aliphatic heterocycles. The van der Waals surface area contributed by atoms with Crippen LogP contribution < -0.4 is 5.32 Å². The first-order valence-electron chi connectivity index (χ1n) is 11.7. The second-order valence-corrected chi connectivity index (χ2v) is 12.3. The number of allylic oxidation sites excluding steroid dienone is 1. The summed E-state index contributed by atoms with van der Waals surface area (Å²) < 4.78 is 44.5. The second kappa shape index (κ2) is 11.5. The van der Waals surface area contributed by atoms with E-state index in [-0.39, 0.29) is 16.5 Å². The highest BCUT2D eigenvalue weighted by atomic mass is 35.5. The number of thiazole rings is 1. The van der Waals surface area contributed by atoms with Crippen molar-refractivity contribution in [2.75, 3.05) is 19.9 Å². The van der Waals surface area contributed by atoms with Gasteiger partial charge in [-0.05, 0) is 43.7 Å². The van der Waals surface area contributed by atoms with Crippen LogP contribution in [0.25, 0.3) is 0 Å². The van der Waals surface area contributed by atoms with Crippen molar-refractivity contribution >= 4 is 50.7 Å². The van der Waals surface area contributed by atoms with Crippen molar-refractivity contribution in [1.29, 1.82) is 0 Å². The SMILES string of the molecule is COC(=O)C1=C([C@H]2CC[C@H](N(CC(=O)O)S(C)(=O)=O)CC2)NC(c2nccs2)=NC1c1ccc(F)cc1Cl. The summed E-state index contributed by atoms with van der Waals surface area (Å²) >= 11 is 7.74. The van der Waals surface area contributed by atoms with Crippen molar-refractivity contribution in [3.63, 3.8) is 0 Å². The third-order valence-corrected chi connectivity index (χ3v) is 8.99. The number of amidine groups is 1. The van der Waals surface area contributed by atoms with Crippen LogP contribution in [0.3, 0.4) is 0 Å². The molecule has 0 saturated heterocycles. The van der Waals surface area contributed by atoms with Crippen LogP contribution >= 0.6 is 22.9 Å². The van der Waals surface area contributed by atoms with Gasteiger partial charge in [0.15, 0.2) is 10.8 Å². The average Bonchev–Trinajstić information content (AvgIpc) is 3.41. The Balaban J connectivity index is 1.73. The summed E-state index contributed by atoms with van der Waals surface area (Å²) in [6.45, 7) is -0.617. The van der Waals surface area contributed by atoms with Gasteiger partial charge in [-0.1, -0.05) is 17.7 Å². The van der Waals surface area contributed by atoms with E-state index < -0.39 is 46.4 Å². The van der Waals surface area contributed by atoms with Crippen molar-refractivity contribution in [2.24, 2.45) is 10.9 Å². The van der Waals surface area contributed by atoms with Gasteiger partial charge in [-0.25, -0.2) is 22.6 Å². The molecule has 4 rings (SSSR count). The van der Waals surface area contributed by atoms with Crippen molar-refractivity contribution in [2.45, 2.75) is 37.8 Å². The number of rotatable bonds is 8. The number of hydrogen-bond acceptors (Lipinski definition) is 9. The third kappa shape index (κ3) is 6.06. The number of aliphatic imine (C=N–C) groups is 1. The lowest BCUT2D eigenvalue weighted by atomic mass is 9.80. The van der Waals surface area contributed by atoms with E-state index in [9.17, 15) is 27.5 Å². The van der Waals surface area contributed by atoms with E-state index in [1.807, 2.05) is 0 Å². The fourth-order valence-corrected chi connectivity index (χ4v) is 6.88. The molecule has 0 bridgehead atoms. The monoisotopic (exact) mass is 584 g/mol. The fraction of sp³-hybridized carbons (Fsp3) is 0.417. The number of nitrogens with one attached hydrogen (secondary N) is 1. The first-order chi connectivity index (χ1) is 18.0. The maximum Gasteiger partial charge on any atom is 0.338 e. The number of hydrogen-bond donors (Lipinski definition) is 2. The zero-order valence-electron chi connectivity index (χ0n) is 20.6. The molecule has 2 N–H and O–H groups in total. The normalized spacial score (nSPS) is 22.1. The Morgan fingerprint density at radius 3 is 2.55 bits per heavy atom. The lowest BCUT2D eigenvalue weighted by Crippen LogP contribution is -2.45. The topological polar surface area (TPSA) is 138 Å². The summed E-state index contributed by atoms with van der Waals surface area (Å²) in [5.41, 5.74) is 1.18. The number of methoxy groups -OCH3 is 1. The lowest BCUT2D eigenvalue weighted by molar-refractivity contribution is -0.138. The Kier molecular flexibility index (Phi) is 8.50. The highest BCUT2D eigenvalue weighted by Gasteiger charge is 2.39. The Labute approximate surface area is 228 Å². The zero-order valence-corrected chi connectivity index (χ0v) is 22.9. The molecule has 38 heavy (non-hydrogen) atoms. The summed E-state index contributed by atoms with van der Waals surface area (Å²) in [5, 5.41) is 14.9. The molecule has 1 unspecified atom stereocenters. The smallest absolute Gasteiger partial charge is 0.338 e. The molecular weight excluding hydrogens is 559 g/mol. The molecule has 204 valence electrons. The third-order valence-electron chi connectivity index (χ3n) is 6.60. The molecule has 10 nitrogen and oxygen atoms in total. The maximum absolute atomic E-state index is 13.8. The number of aliphatic carboxylic acids is 1. The predicted octanol–water partition coefficient (Wildman–Crippen LogP) is 3.36. The minimum Gasteiger partial charge on any atom is -0.480 e. The number of ether oxygens (including phenoxy) is 1. The van der Waals surface area contributed by atoms with Gasteiger partial charge in [0, 0.05) is 33.9 Å². The van der Waals surface area contributed by atoms with E-state index in [0.717, 1.165) is 16.6 Å². The fourth-order valence-electron chi connectivity index (χ4n) is 4.92. The van der Waals surface area contributed by atoms with Crippen LogP contribution in [0.15, 0.2) is 46.0 Å². The number of halogens is 2. The molecule has 0 radical (unpaired) electrons. The first kappa shape index (κ1) is 28.1. The molecule has 14 heteroatoms. The van der Waals surface area contributed by atoms with Gasteiger partial charge in [0.25, 0.3) is 0 Å². The molecule has 0 amide bonds. The predicted molar refractivity (Wildman–Crippen MR) is 140 cm³/mol. The summed E-state index contributed by atoms with van der Waals surface area (Å²) in [4.78, 5) is 33.5. The molecule has 2 aromatic rings. The minimum absolute atomic E-state index is 0.0982. The standard InChI is InChI=1S/C24H26ClFN4O6S2/c1-36-24(33)19-20(13-3-6-15(7-4-13)30(12-18(31)32)38(2,34)35)28-22(23-27-9-10-37-23)29-21(19)16-8-5-14(26)11-17(16)25/h5,8-11,13,15,21H,3-4,6-7,12H2,1-2H3,(H,28,29)(H,31,32)/t13-,15-,21?. The lowest BCUT2D eigenvalue weighted by Gasteiger charge is -2.37. The zero-order chi connectivity index (χ0) is 27.6. The van der Waals surface area contributed by atoms with Crippen LogP contribution in [0, 0.1) is 11.7 Å². The number of esters is 1. The van der Waals surface area contributed by atoms with Crippen molar-refractivity contribution in [1.82, 2.24) is 14.6 Å². The molecule has 1 atom stereocenters. The van der Waals surface area contributed by atoms with Crippen LogP contribution in [-0.2, 0) is 24.3 Å². The number of sulfonamides is 1. The summed E-state index contributed by atoms with van der Waals surface area (Å²) in [6.07, 6.45) is 4.32. The second-order valence-electron chi connectivity index (χ2n) is 9.03. The molecule has 0 spiro atoms. The van der Waals surface area contributed by atoms with Crippen LogP contribution in [0.1, 0.15) is 42.3 Å². The Morgan fingerprint density at radius 1 is 1.29 bits per heavy atom. The van der Waals surface area contributed by atoms with Gasteiger partial charge in [0.2, 0.25) is 10.0 Å². The van der Waals surface area contributed by atoms with E-state index in [1.54, 1.807) is 11.6 Å². The number of carboxylic acids is 1. The van der Waals surface area contributed by atoms with E-state index in [1.165, 1.54) is 30.6 Å². The largest absolute Gasteiger partial charge is 0.480 e. The summed E-state index contributed by atoms with van der Waals surface area (Å²) in [6, 6.07) is 2.48. The van der Waals surface area contributed by atoms with Gasteiger partial charge in [0.1, 0.15) is 18.4 Å². The van der Waals surface area contributed by atoms with Gasteiger partial charge >= 0.3 is 11.9 Å². The molecule has 1 saturated carbocycles. The highest BCUT2D eigenvalue weighted by molar-refractivity contribution is 7.88. The molecule has 1 aliphatic carbocycles. The summed E-state index contributed by atoms with van der Waals surface area (Å²) in [7, 11) is -2.49. The molecular formula is C24H26ClFN4O6S2. The van der Waals surface area contributed by atoms with E-state index in [2.05, 4.69) is 10.3 Å².